The summed E-state index contributed by atoms with van der Waals surface area (Å²) in [6.45, 7) is 3.30. The first kappa shape index (κ1) is 12.9. The fourth-order valence-corrected chi connectivity index (χ4v) is 2.00. The molecule has 1 aromatic rings. The molecule has 0 aliphatic rings. The summed E-state index contributed by atoms with van der Waals surface area (Å²) in [6.07, 6.45) is 0. The molecule has 0 aromatic heterocycles. The zero-order valence-electron chi connectivity index (χ0n) is 9.40. The van der Waals surface area contributed by atoms with Crippen LogP contribution in [0.1, 0.15) is 18.1 Å². The van der Waals surface area contributed by atoms with Crippen molar-refractivity contribution in [1.29, 1.82) is 5.26 Å². The third-order valence-corrected chi connectivity index (χ3v) is 3.59. The first-order valence-corrected chi connectivity index (χ1v) is 6.80. The van der Waals surface area contributed by atoms with Gasteiger partial charge in [0.1, 0.15) is 0 Å². The van der Waals surface area contributed by atoms with Gasteiger partial charge in [-0.15, -0.1) is 0 Å². The molecule has 3 nitrogen and oxygen atoms in total. The fraction of sp³-hybridized carbons (Fsp3) is 0.417. The molecule has 0 aliphatic carbocycles. The summed E-state index contributed by atoms with van der Waals surface area (Å²) >= 11 is 0. The molecule has 0 heterocycles. The van der Waals surface area contributed by atoms with Gasteiger partial charge >= 0.3 is 0 Å². The number of nitrogens with one attached hydrogen (secondary N) is 1. The maximum absolute atomic E-state index is 11.2. The number of hydrogen-bond acceptors (Lipinski definition) is 3. The Morgan fingerprint density at radius 2 is 2.19 bits per heavy atom. The Labute approximate surface area is 98.9 Å². The van der Waals surface area contributed by atoms with Crippen LogP contribution in [0.2, 0.25) is 0 Å². The van der Waals surface area contributed by atoms with Crippen LogP contribution >= 0.6 is 0 Å². The van der Waals surface area contributed by atoms with Gasteiger partial charge < -0.3 is 5.32 Å². The minimum absolute atomic E-state index is 0.657. The van der Waals surface area contributed by atoms with Crippen molar-refractivity contribution in [3.05, 3.63) is 35.4 Å². The van der Waals surface area contributed by atoms with Crippen LogP contribution in [0.15, 0.2) is 24.3 Å². The molecule has 0 spiro atoms. The predicted octanol–water partition coefficient (Wildman–Crippen LogP) is 1.42. The molecule has 0 fully saturated rings. The zero-order chi connectivity index (χ0) is 11.8. The minimum Gasteiger partial charge on any atom is -0.312 e. The molecule has 0 saturated heterocycles. The van der Waals surface area contributed by atoms with E-state index in [1.807, 2.05) is 25.1 Å². The average Bonchev–Trinajstić information content (AvgIpc) is 2.34. The number of nitriles is 1. The summed E-state index contributed by atoms with van der Waals surface area (Å²) in [4.78, 5) is 0. The normalized spacial score (nSPS) is 12.0. The first-order chi connectivity index (χ1) is 7.77. The van der Waals surface area contributed by atoms with Crippen LogP contribution in [0.5, 0.6) is 0 Å². The highest BCUT2D eigenvalue weighted by Gasteiger charge is 2.00. The van der Waals surface area contributed by atoms with Crippen LogP contribution in [0.4, 0.5) is 0 Å². The Balaban J connectivity index is 2.38. The van der Waals surface area contributed by atoms with Gasteiger partial charge in [-0.3, -0.25) is 4.21 Å². The largest absolute Gasteiger partial charge is 0.312 e. The van der Waals surface area contributed by atoms with E-state index in [1.54, 1.807) is 6.07 Å². The number of rotatable bonds is 6. The van der Waals surface area contributed by atoms with Crippen LogP contribution < -0.4 is 5.32 Å². The third kappa shape index (κ3) is 4.13. The van der Waals surface area contributed by atoms with E-state index in [1.165, 1.54) is 0 Å². The second-order valence-electron chi connectivity index (χ2n) is 3.38. The molecule has 1 N–H and O–H groups in total. The van der Waals surface area contributed by atoms with Gasteiger partial charge in [-0.2, -0.15) is 5.26 Å². The lowest BCUT2D eigenvalue weighted by Gasteiger charge is -2.05. The van der Waals surface area contributed by atoms with Crippen molar-refractivity contribution in [2.24, 2.45) is 0 Å². The maximum Gasteiger partial charge on any atom is 0.0995 e. The standard InChI is InChI=1S/C12H16N2OS/c1-2-16(15)8-7-14-10-12-6-4-3-5-11(12)9-13/h3-6,14H,2,7-8,10H2,1H3. The molecular weight excluding hydrogens is 220 g/mol. The summed E-state index contributed by atoms with van der Waals surface area (Å²) in [5.74, 6) is 1.38. The maximum atomic E-state index is 11.2. The zero-order valence-corrected chi connectivity index (χ0v) is 10.2. The highest BCUT2D eigenvalue weighted by Crippen LogP contribution is 2.06. The third-order valence-electron chi connectivity index (χ3n) is 2.28. The molecule has 0 amide bonds. The van der Waals surface area contributed by atoms with Crippen molar-refractivity contribution < 1.29 is 4.21 Å². The number of hydrogen-bond donors (Lipinski definition) is 1. The van der Waals surface area contributed by atoms with Crippen LogP contribution in [0.25, 0.3) is 0 Å². The van der Waals surface area contributed by atoms with Gasteiger partial charge in [-0.25, -0.2) is 0 Å². The van der Waals surface area contributed by atoms with E-state index >= 15 is 0 Å². The minimum atomic E-state index is -0.720. The molecule has 1 rings (SSSR count). The quantitative estimate of drug-likeness (QED) is 0.760. The highest BCUT2D eigenvalue weighted by atomic mass is 32.2. The van der Waals surface area contributed by atoms with Crippen molar-refractivity contribution in [3.63, 3.8) is 0 Å². The van der Waals surface area contributed by atoms with Crippen molar-refractivity contribution in [1.82, 2.24) is 5.32 Å². The smallest absolute Gasteiger partial charge is 0.0995 e. The molecule has 1 aromatic carbocycles. The van der Waals surface area contributed by atoms with Crippen LogP contribution in [0, 0.1) is 11.3 Å². The summed E-state index contributed by atoms with van der Waals surface area (Å²) in [6, 6.07) is 9.67. The van der Waals surface area contributed by atoms with E-state index in [4.69, 9.17) is 5.26 Å². The Kier molecular flexibility index (Phi) is 5.76. The molecule has 1 atom stereocenters. The highest BCUT2D eigenvalue weighted by molar-refractivity contribution is 7.84. The van der Waals surface area contributed by atoms with Crippen molar-refractivity contribution >= 4 is 10.8 Å². The van der Waals surface area contributed by atoms with Crippen molar-refractivity contribution in [2.75, 3.05) is 18.1 Å². The lowest BCUT2D eigenvalue weighted by atomic mass is 10.1. The van der Waals surface area contributed by atoms with E-state index in [0.29, 0.717) is 23.6 Å². The van der Waals surface area contributed by atoms with Crippen molar-refractivity contribution in [3.8, 4) is 6.07 Å². The second kappa shape index (κ2) is 7.15. The molecule has 0 bridgehead atoms. The van der Waals surface area contributed by atoms with Gasteiger partial charge in [0.25, 0.3) is 0 Å². The molecule has 86 valence electrons. The number of benzene rings is 1. The van der Waals surface area contributed by atoms with Gasteiger partial charge in [0.2, 0.25) is 0 Å². The van der Waals surface area contributed by atoms with E-state index < -0.39 is 10.8 Å². The second-order valence-corrected chi connectivity index (χ2v) is 5.24. The Morgan fingerprint density at radius 3 is 2.88 bits per heavy atom. The molecule has 4 heteroatoms. The Bertz CT molecular complexity index is 398. The Morgan fingerprint density at radius 1 is 1.44 bits per heavy atom. The molecule has 1 unspecified atom stereocenters. The fourth-order valence-electron chi connectivity index (χ4n) is 1.34. The van der Waals surface area contributed by atoms with Crippen LogP contribution in [-0.2, 0) is 17.3 Å². The molecule has 0 radical (unpaired) electrons. The van der Waals surface area contributed by atoms with Crippen molar-refractivity contribution in [2.45, 2.75) is 13.5 Å². The van der Waals surface area contributed by atoms with Gasteiger partial charge in [0.05, 0.1) is 11.6 Å². The summed E-state index contributed by atoms with van der Waals surface area (Å²) < 4.78 is 11.2. The van der Waals surface area contributed by atoms with E-state index in [2.05, 4.69) is 11.4 Å². The average molecular weight is 236 g/mol. The lowest BCUT2D eigenvalue weighted by Crippen LogP contribution is -2.21. The van der Waals surface area contributed by atoms with Gasteiger partial charge in [-0.05, 0) is 11.6 Å². The monoisotopic (exact) mass is 236 g/mol. The molecular formula is C12H16N2OS. The summed E-state index contributed by atoms with van der Waals surface area (Å²) in [5.41, 5.74) is 1.69. The predicted molar refractivity (Wildman–Crippen MR) is 66.4 cm³/mol. The van der Waals surface area contributed by atoms with E-state index in [-0.39, 0.29) is 0 Å². The van der Waals surface area contributed by atoms with Gasteiger partial charge in [0, 0.05) is 35.4 Å². The summed E-state index contributed by atoms with van der Waals surface area (Å²) in [5, 5.41) is 12.1. The van der Waals surface area contributed by atoms with E-state index in [0.717, 1.165) is 12.1 Å². The molecule has 0 saturated carbocycles. The number of nitrogens with zero attached hydrogens (tertiary/aromatic N) is 1. The Hall–Kier alpha value is -1.18. The SMILES string of the molecule is CCS(=O)CCNCc1ccccc1C#N. The summed E-state index contributed by atoms with van der Waals surface area (Å²) in [7, 11) is -0.720. The van der Waals surface area contributed by atoms with Crippen LogP contribution in [-0.4, -0.2) is 22.3 Å². The molecule has 16 heavy (non-hydrogen) atoms. The lowest BCUT2D eigenvalue weighted by molar-refractivity contribution is 0.673. The molecule has 0 aliphatic heterocycles. The first-order valence-electron chi connectivity index (χ1n) is 5.31. The van der Waals surface area contributed by atoms with Crippen LogP contribution in [0.3, 0.4) is 0 Å². The topological polar surface area (TPSA) is 52.9 Å². The van der Waals surface area contributed by atoms with Gasteiger partial charge in [-0.1, -0.05) is 25.1 Å². The van der Waals surface area contributed by atoms with E-state index in [9.17, 15) is 4.21 Å². The van der Waals surface area contributed by atoms with Gasteiger partial charge in [0.15, 0.2) is 0 Å².